The van der Waals surface area contributed by atoms with Crippen LogP contribution in [0.5, 0.6) is 5.88 Å². The molecule has 0 saturated heterocycles. The van der Waals surface area contributed by atoms with E-state index < -0.39 is 23.5 Å². The van der Waals surface area contributed by atoms with E-state index in [1.165, 1.54) is 0 Å². The molecule has 1 radical (unpaired) electrons. The van der Waals surface area contributed by atoms with Crippen LogP contribution in [0.1, 0.15) is 0 Å². The maximum atomic E-state index is 11.9. The van der Waals surface area contributed by atoms with Gasteiger partial charge in [-0.2, -0.15) is 13.9 Å². The smallest absolute Gasteiger partial charge is 0.417 e. The molecule has 1 aromatic heterocycles. The Morgan fingerprint density at radius 1 is 1.46 bits per heavy atom. The highest BCUT2D eigenvalue weighted by Crippen LogP contribution is 2.27. The van der Waals surface area contributed by atoms with Crippen LogP contribution in [0, 0.1) is 6.20 Å². The lowest BCUT2D eigenvalue weighted by molar-refractivity contribution is -0.218. The van der Waals surface area contributed by atoms with Crippen LogP contribution in [-0.4, -0.2) is 16.4 Å². The molecule has 0 aliphatic carbocycles. The zero-order chi connectivity index (χ0) is 10.1. The fourth-order valence-corrected chi connectivity index (χ4v) is 0.609. The van der Waals surface area contributed by atoms with E-state index in [4.69, 9.17) is 0 Å². The van der Waals surface area contributed by atoms with Crippen LogP contribution in [0.3, 0.4) is 0 Å². The number of alkyl halides is 5. The van der Waals surface area contributed by atoms with Gasteiger partial charge in [0.05, 0.1) is 0 Å². The van der Waals surface area contributed by atoms with Crippen LogP contribution < -0.4 is 4.74 Å². The van der Waals surface area contributed by atoms with Gasteiger partial charge >= 0.3 is 12.9 Å². The van der Waals surface area contributed by atoms with E-state index >= 15 is 0 Å². The number of rotatable bonds is 2. The zero-order valence-electron chi connectivity index (χ0n) is 5.85. The average molecular weight is 201 g/mol. The largest absolute Gasteiger partial charge is 0.507 e. The predicted octanol–water partition coefficient (Wildman–Crippen LogP) is 1.76. The van der Waals surface area contributed by atoms with Gasteiger partial charge in [-0.05, 0) is 0 Å². The summed E-state index contributed by atoms with van der Waals surface area (Å²) in [5.74, 6) is -1.09. The average Bonchev–Trinajstić information content (AvgIpc) is 2.31. The molecule has 0 spiro atoms. The highest BCUT2D eigenvalue weighted by atomic mass is 19.4. The topological polar surface area (TPSA) is 27.1 Å². The Hall–Kier alpha value is -1.34. The summed E-state index contributed by atoms with van der Waals surface area (Å²) >= 11 is 0. The molecule has 0 aliphatic rings. The second-order valence-corrected chi connectivity index (χ2v) is 1.87. The minimum atomic E-state index is -4.88. The molecule has 0 saturated carbocycles. The quantitative estimate of drug-likeness (QED) is 0.681. The summed E-state index contributed by atoms with van der Waals surface area (Å²) in [5, 5.41) is 2.65. The van der Waals surface area contributed by atoms with Crippen molar-refractivity contribution in [1.82, 2.24) is 9.78 Å². The lowest BCUT2D eigenvalue weighted by Gasteiger charge is -2.09. The van der Waals surface area contributed by atoms with E-state index in [1.807, 2.05) is 0 Å². The fourth-order valence-electron chi connectivity index (χ4n) is 0.609. The summed E-state index contributed by atoms with van der Waals surface area (Å²) in [4.78, 5) is 0. The molecular formula is C5H2F5N2O. The molecule has 1 rings (SSSR count). The van der Waals surface area contributed by atoms with Crippen molar-refractivity contribution in [1.29, 1.82) is 0 Å². The zero-order valence-corrected chi connectivity index (χ0v) is 5.85. The van der Waals surface area contributed by atoms with Gasteiger partial charge in [0.2, 0.25) is 5.88 Å². The SMILES string of the molecule is FC(F)Oc1c[c]nn1C(F)(F)F. The fraction of sp³-hybridized carbons (Fsp3) is 0.400. The van der Waals surface area contributed by atoms with Crippen molar-refractivity contribution in [3.05, 3.63) is 12.3 Å². The first kappa shape index (κ1) is 9.75. The minimum absolute atomic E-state index is 0.569. The van der Waals surface area contributed by atoms with Crippen molar-refractivity contribution in [2.24, 2.45) is 0 Å². The lowest BCUT2D eigenvalue weighted by atomic mass is 10.7. The monoisotopic (exact) mass is 201 g/mol. The Morgan fingerprint density at radius 2 is 2.08 bits per heavy atom. The van der Waals surface area contributed by atoms with Gasteiger partial charge in [-0.3, -0.25) is 0 Å². The third-order valence-electron chi connectivity index (χ3n) is 1.00. The molecule has 1 aromatic rings. The van der Waals surface area contributed by atoms with Gasteiger partial charge < -0.3 is 4.74 Å². The third kappa shape index (κ3) is 2.30. The second-order valence-electron chi connectivity index (χ2n) is 1.87. The van der Waals surface area contributed by atoms with Crippen LogP contribution in [0.25, 0.3) is 0 Å². The molecule has 3 nitrogen and oxygen atoms in total. The number of halogens is 5. The Balaban J connectivity index is 2.90. The highest BCUT2D eigenvalue weighted by molar-refractivity contribution is 5.07. The Bertz CT molecular complexity index is 281. The van der Waals surface area contributed by atoms with Gasteiger partial charge in [-0.15, -0.1) is 17.9 Å². The van der Waals surface area contributed by atoms with Crippen LogP contribution in [0.4, 0.5) is 22.0 Å². The summed E-state index contributed by atoms with van der Waals surface area (Å²) < 4.78 is 61.6. The molecule has 0 bridgehead atoms. The first-order chi connectivity index (χ1) is 5.91. The molecule has 13 heavy (non-hydrogen) atoms. The second kappa shape index (κ2) is 3.19. The highest BCUT2D eigenvalue weighted by Gasteiger charge is 2.35. The third-order valence-corrected chi connectivity index (χ3v) is 1.00. The van der Waals surface area contributed by atoms with Gasteiger partial charge in [-0.1, -0.05) is 0 Å². The predicted molar refractivity (Wildman–Crippen MR) is 29.0 cm³/mol. The van der Waals surface area contributed by atoms with Crippen molar-refractivity contribution in [3.63, 3.8) is 0 Å². The number of aromatic nitrogens is 2. The molecule has 1 heterocycles. The van der Waals surface area contributed by atoms with Crippen molar-refractivity contribution in [2.45, 2.75) is 12.9 Å². The van der Waals surface area contributed by atoms with E-state index in [0.717, 1.165) is 0 Å². The Morgan fingerprint density at radius 3 is 2.54 bits per heavy atom. The number of hydrogen-bond donors (Lipinski definition) is 0. The Labute approximate surface area is 68.7 Å². The number of ether oxygens (including phenoxy) is 1. The number of nitrogens with zero attached hydrogens (tertiary/aromatic N) is 2. The van der Waals surface area contributed by atoms with E-state index in [9.17, 15) is 22.0 Å². The molecule has 0 aromatic carbocycles. The van der Waals surface area contributed by atoms with Crippen molar-refractivity contribution in [3.8, 4) is 5.88 Å². The van der Waals surface area contributed by atoms with Crippen LogP contribution in [0.15, 0.2) is 6.07 Å². The molecule has 0 atom stereocenters. The molecule has 0 N–H and O–H groups in total. The molecule has 0 fully saturated rings. The van der Waals surface area contributed by atoms with E-state index in [0.29, 0.717) is 6.07 Å². The van der Waals surface area contributed by atoms with Crippen LogP contribution in [-0.2, 0) is 6.30 Å². The first-order valence-electron chi connectivity index (χ1n) is 2.89. The van der Waals surface area contributed by atoms with Gasteiger partial charge in [0.1, 0.15) is 6.20 Å². The van der Waals surface area contributed by atoms with E-state index in [2.05, 4.69) is 9.84 Å². The van der Waals surface area contributed by atoms with E-state index in [-0.39, 0.29) is 0 Å². The van der Waals surface area contributed by atoms with E-state index in [1.54, 1.807) is 6.20 Å². The minimum Gasteiger partial charge on any atom is -0.417 e. The first-order valence-corrected chi connectivity index (χ1v) is 2.89. The Kier molecular flexibility index (Phi) is 2.39. The summed E-state index contributed by atoms with van der Waals surface area (Å²) in [6, 6.07) is 0.569. The standard InChI is InChI=1S/C5H2F5N2O/c6-4(7)13-3-1-2-11-12(3)5(8,9)10/h1,4H. The van der Waals surface area contributed by atoms with Gasteiger partial charge in [0, 0.05) is 6.07 Å². The summed E-state index contributed by atoms with van der Waals surface area (Å²) in [6.45, 7) is -3.33. The molecule has 8 heteroatoms. The van der Waals surface area contributed by atoms with Crippen molar-refractivity contribution >= 4 is 0 Å². The molecule has 0 amide bonds. The summed E-state index contributed by atoms with van der Waals surface area (Å²) in [7, 11) is 0. The molecular weight excluding hydrogens is 199 g/mol. The van der Waals surface area contributed by atoms with Crippen molar-refractivity contribution in [2.75, 3.05) is 0 Å². The summed E-state index contributed by atoms with van der Waals surface area (Å²) in [6.07, 6.45) is -3.14. The van der Waals surface area contributed by atoms with Crippen LogP contribution >= 0.6 is 0 Å². The normalized spacial score (nSPS) is 12.2. The van der Waals surface area contributed by atoms with Crippen LogP contribution in [0.2, 0.25) is 0 Å². The summed E-state index contributed by atoms with van der Waals surface area (Å²) in [5.41, 5.74) is 0. The molecule has 0 unspecified atom stereocenters. The number of hydrogen-bond acceptors (Lipinski definition) is 2. The molecule has 0 aliphatic heterocycles. The van der Waals surface area contributed by atoms with Gasteiger partial charge in [-0.25, -0.2) is 0 Å². The maximum Gasteiger partial charge on any atom is 0.507 e. The van der Waals surface area contributed by atoms with Gasteiger partial charge in [0.15, 0.2) is 0 Å². The lowest BCUT2D eigenvalue weighted by Crippen LogP contribution is -2.20. The van der Waals surface area contributed by atoms with Gasteiger partial charge in [0.25, 0.3) is 0 Å². The maximum absolute atomic E-state index is 11.9. The van der Waals surface area contributed by atoms with Crippen molar-refractivity contribution < 1.29 is 26.7 Å². The molecule has 73 valence electrons.